The van der Waals surface area contributed by atoms with Crippen LogP contribution in [0.5, 0.6) is 0 Å². The maximum Gasteiger partial charge on any atom is 0.512 e. The van der Waals surface area contributed by atoms with Crippen molar-refractivity contribution in [3.63, 3.8) is 0 Å². The molecular weight excluding hydrogens is 1410 g/mol. The highest BCUT2D eigenvalue weighted by Gasteiger charge is 2.32. The van der Waals surface area contributed by atoms with Gasteiger partial charge in [0.15, 0.2) is 0 Å². The first-order valence-corrected chi connectivity index (χ1v) is 33.3. The molecule has 2 aliphatic carbocycles. The largest absolute Gasteiger partial charge is 1.00 e. The smallest absolute Gasteiger partial charge is 0.512 e. The Balaban J connectivity index is 0.000000194. The third kappa shape index (κ3) is 21.3. The zero-order valence-corrected chi connectivity index (χ0v) is 58.1. The number of halogens is 2. The Morgan fingerprint density at radius 1 is 0.564 bits per heavy atom. The molecule has 2 saturated carbocycles. The molecule has 492 valence electrons. The van der Waals surface area contributed by atoms with Crippen molar-refractivity contribution in [2.24, 2.45) is 0 Å². The third-order valence-corrected chi connectivity index (χ3v) is 17.6. The van der Waals surface area contributed by atoms with Gasteiger partial charge in [0.2, 0.25) is 6.73 Å². The zero-order chi connectivity index (χ0) is 64.9. The van der Waals surface area contributed by atoms with Gasteiger partial charge in [0.1, 0.15) is 28.5 Å². The minimum absolute atomic E-state index is 0. The van der Waals surface area contributed by atoms with E-state index in [0.717, 1.165) is 171 Å². The summed E-state index contributed by atoms with van der Waals surface area (Å²) in [7, 11) is 4.28. The monoisotopic (exact) mass is 1500 g/mol. The van der Waals surface area contributed by atoms with Crippen LogP contribution in [0.15, 0.2) is 159 Å². The number of nitrogens with zero attached hydrogens (tertiary/aromatic N) is 10. The highest BCUT2D eigenvalue weighted by atomic mass is 127. The molecule has 0 unspecified atom stereocenters. The molecule has 0 radical (unpaired) electrons. The van der Waals surface area contributed by atoms with Gasteiger partial charge in [0.25, 0.3) is 11.8 Å². The number of pyridine rings is 2. The lowest BCUT2D eigenvalue weighted by Gasteiger charge is -2.41. The molecule has 4 fully saturated rings. The van der Waals surface area contributed by atoms with Crippen LogP contribution in [0.25, 0.3) is 22.5 Å². The second kappa shape index (κ2) is 35.0. The number of aromatic nitrogens is 6. The van der Waals surface area contributed by atoms with Crippen LogP contribution in [0.2, 0.25) is 0 Å². The first-order chi connectivity index (χ1) is 45.2. The maximum atomic E-state index is 13.0. The molecule has 20 nitrogen and oxygen atoms in total. The van der Waals surface area contributed by atoms with Gasteiger partial charge < -0.3 is 58.5 Å². The standard InChI is InChI=1S/C36H40N6O4.C30H32N6O.C6H9IO3.HI/c1-26-21-31(13-12-29(26)22-34-38-16-14-33(40-34)30-5-4-15-37-23-30)39-35(43)28-10-8-27(9-11-28)24-41-17-19-42(2,20-18-41)25-45-36(44)46-32-6-3-7-32;1-22-18-27(10-9-25(22)19-29-32-13-11-28(34-29)26-4-3-12-31-20-26)33-30(37)24-7-5-23(6-8-24)21-36-16-14-35(2)15-17-36;7-4-9-6(8)10-5-2-1-3-5;/h4-5,8-16,21,23,32H,3,6-7,17-20,22,24-25H2,1-2H3;3-13,18,20H,14-17,19,21H2,1-2H3,(H,33,37);5H,1-4H2;1H. The van der Waals surface area contributed by atoms with Crippen molar-refractivity contribution in [1.29, 1.82) is 0 Å². The topological polar surface area (TPSA) is 216 Å². The van der Waals surface area contributed by atoms with Crippen LogP contribution in [0.1, 0.15) is 104 Å². The summed E-state index contributed by atoms with van der Waals surface area (Å²) >= 11 is 1.96. The van der Waals surface area contributed by atoms with E-state index in [0.29, 0.717) is 39.8 Å². The van der Waals surface area contributed by atoms with E-state index in [1.54, 1.807) is 37.2 Å². The van der Waals surface area contributed by atoms with Crippen molar-refractivity contribution in [2.45, 2.75) is 90.5 Å². The van der Waals surface area contributed by atoms with E-state index in [4.69, 9.17) is 24.2 Å². The molecule has 8 aromatic rings. The number of quaternary nitrogens is 1. The summed E-state index contributed by atoms with van der Waals surface area (Å²) in [4.78, 5) is 82.4. The Morgan fingerprint density at radius 2 is 1.01 bits per heavy atom. The Labute approximate surface area is 581 Å². The molecular formula is C72H82I2N12O8. The number of aryl methyl sites for hydroxylation is 2. The minimum atomic E-state index is -0.544. The average molecular weight is 1500 g/mol. The van der Waals surface area contributed by atoms with E-state index in [9.17, 15) is 19.2 Å². The second-order valence-corrected chi connectivity index (χ2v) is 25.1. The van der Waals surface area contributed by atoms with Crippen LogP contribution >= 0.6 is 22.6 Å². The van der Waals surface area contributed by atoms with Crippen molar-refractivity contribution < 1.29 is 66.6 Å². The molecule has 2 N–H and O–H groups in total. The highest BCUT2D eigenvalue weighted by molar-refractivity contribution is 14.1. The Morgan fingerprint density at radius 3 is 1.41 bits per heavy atom. The molecule has 12 rings (SSSR count). The number of piperazine rings is 2. The third-order valence-electron chi connectivity index (χ3n) is 17.3. The fourth-order valence-electron chi connectivity index (χ4n) is 10.9. The van der Waals surface area contributed by atoms with Crippen LogP contribution in [0.3, 0.4) is 0 Å². The van der Waals surface area contributed by atoms with Gasteiger partial charge in [-0.3, -0.25) is 33.8 Å². The summed E-state index contributed by atoms with van der Waals surface area (Å²) in [6, 6.07) is 39.2. The van der Waals surface area contributed by atoms with Gasteiger partial charge in [-0.1, -0.05) is 36.4 Å². The summed E-state index contributed by atoms with van der Waals surface area (Å²) in [5.74, 6) is 1.23. The molecule has 0 bridgehead atoms. The summed E-state index contributed by atoms with van der Waals surface area (Å²) < 4.78 is 21.2. The quantitative estimate of drug-likeness (QED) is 0.0334. The normalized spacial score (nSPS) is 15.5. The lowest BCUT2D eigenvalue weighted by Crippen LogP contribution is -3.00. The van der Waals surface area contributed by atoms with Gasteiger partial charge in [0.05, 0.1) is 31.5 Å². The number of likely N-dealkylation sites (N-methyl/N-ethyl adjacent to an activating group) is 2. The zero-order valence-electron chi connectivity index (χ0n) is 53.8. The molecule has 22 heteroatoms. The first-order valence-electron chi connectivity index (χ1n) is 31.8. The predicted octanol–water partition coefficient (Wildman–Crippen LogP) is 9.14. The number of carbonyl (C=O) groups is 4. The number of ether oxygens (including phenoxy) is 4. The first kappa shape index (κ1) is 70.4. The van der Waals surface area contributed by atoms with Gasteiger partial charge in [-0.15, -0.1) is 0 Å². The van der Waals surface area contributed by atoms with Gasteiger partial charge in [0, 0.05) is 136 Å². The fourth-order valence-corrected chi connectivity index (χ4v) is 11.2. The maximum absolute atomic E-state index is 13.0. The van der Waals surface area contributed by atoms with E-state index in [2.05, 4.69) is 76.2 Å². The highest BCUT2D eigenvalue weighted by Crippen LogP contribution is 2.26. The van der Waals surface area contributed by atoms with Crippen LogP contribution in [0.4, 0.5) is 21.0 Å². The minimum Gasteiger partial charge on any atom is -1.00 e. The molecule has 94 heavy (non-hydrogen) atoms. The molecule has 6 heterocycles. The van der Waals surface area contributed by atoms with Gasteiger partial charge >= 0.3 is 12.3 Å². The molecule has 4 aromatic heterocycles. The average Bonchev–Trinajstić information content (AvgIpc) is 0.990. The number of hydrogen-bond donors (Lipinski definition) is 2. The van der Waals surface area contributed by atoms with Crippen molar-refractivity contribution in [2.75, 3.05) is 88.4 Å². The molecule has 2 amide bonds. The molecule has 2 aliphatic heterocycles. The number of benzene rings is 4. The number of carbonyl (C=O) groups excluding carboxylic acids is 4. The van der Waals surface area contributed by atoms with E-state index in [-0.39, 0.29) is 48.0 Å². The predicted molar refractivity (Wildman–Crippen MR) is 365 cm³/mol. The molecule has 0 atom stereocenters. The van der Waals surface area contributed by atoms with Crippen LogP contribution in [-0.2, 0) is 44.9 Å². The summed E-state index contributed by atoms with van der Waals surface area (Å²) in [6.07, 6.45) is 17.1. The van der Waals surface area contributed by atoms with E-state index in [1.165, 1.54) is 12.0 Å². The number of anilines is 2. The summed E-state index contributed by atoms with van der Waals surface area (Å²) in [5.41, 5.74) is 13.1. The number of hydrogen-bond acceptors (Lipinski definition) is 17. The van der Waals surface area contributed by atoms with E-state index >= 15 is 0 Å². The molecule has 0 spiro atoms. The van der Waals surface area contributed by atoms with Crippen molar-refractivity contribution in [3.05, 3.63) is 215 Å². The van der Waals surface area contributed by atoms with Crippen molar-refractivity contribution in [1.82, 2.24) is 44.6 Å². The molecule has 4 aliphatic rings. The van der Waals surface area contributed by atoms with Crippen molar-refractivity contribution in [3.8, 4) is 22.5 Å². The van der Waals surface area contributed by atoms with Crippen LogP contribution in [0, 0.1) is 13.8 Å². The van der Waals surface area contributed by atoms with Crippen LogP contribution < -0.4 is 34.6 Å². The number of nitrogens with one attached hydrogen (secondary N) is 2. The van der Waals surface area contributed by atoms with Crippen LogP contribution in [-0.4, -0.2) is 163 Å². The van der Waals surface area contributed by atoms with Gasteiger partial charge in [-0.05, 0) is 200 Å². The van der Waals surface area contributed by atoms with E-state index in [1.807, 2.05) is 146 Å². The molecule has 4 aromatic carbocycles. The Hall–Kier alpha value is -7.88. The number of rotatable bonds is 19. The fraction of sp³-hybridized carbons (Fsp3) is 0.361. The number of amides is 2. The van der Waals surface area contributed by atoms with Gasteiger partial charge in [-0.2, -0.15) is 0 Å². The number of alkyl halides is 1. The lowest BCUT2D eigenvalue weighted by molar-refractivity contribution is -0.929. The summed E-state index contributed by atoms with van der Waals surface area (Å²) in [6.45, 7) is 14.1. The van der Waals surface area contributed by atoms with Gasteiger partial charge in [-0.25, -0.2) is 29.5 Å². The molecule has 2 saturated heterocycles. The summed E-state index contributed by atoms with van der Waals surface area (Å²) in [5, 5.41) is 6.07. The Bertz CT molecular complexity index is 3760. The Kier molecular flexibility index (Phi) is 26.3. The second-order valence-electron chi connectivity index (χ2n) is 24.4. The lowest BCUT2D eigenvalue weighted by atomic mass is 9.96. The van der Waals surface area contributed by atoms with E-state index < -0.39 is 12.3 Å². The van der Waals surface area contributed by atoms with Crippen molar-refractivity contribution >= 4 is 58.1 Å². The SMILES string of the molecule is Cc1cc(NC(=O)c2ccc(CN3CCN(C)CC3)cc2)ccc1Cc1nccc(-c2cccnc2)n1.Cc1cc(NC(=O)c2ccc(CN3CC[N+](C)(COC(=O)OC4CCC4)CC3)cc2)ccc1Cc1nccc(-c2cccnc2)n1.O=C(OCI)OC1CCC1.[I-].